The second-order valence-electron chi connectivity index (χ2n) is 5.96. The van der Waals surface area contributed by atoms with E-state index in [4.69, 9.17) is 4.74 Å². The van der Waals surface area contributed by atoms with Gasteiger partial charge in [-0.3, -0.25) is 9.78 Å². The Morgan fingerprint density at radius 1 is 1.19 bits per heavy atom. The zero-order valence-electron chi connectivity index (χ0n) is 14.8. The first-order chi connectivity index (χ1) is 12.5. The van der Waals surface area contributed by atoms with Crippen LogP contribution in [-0.2, 0) is 0 Å². The summed E-state index contributed by atoms with van der Waals surface area (Å²) in [6.07, 6.45) is 1.49. The van der Waals surface area contributed by atoms with E-state index in [-0.39, 0.29) is 11.7 Å². The number of rotatable bonds is 4. The molecule has 2 aromatic carbocycles. The van der Waals surface area contributed by atoms with Crippen LogP contribution in [0.1, 0.15) is 27.2 Å². The Labute approximate surface area is 151 Å². The van der Waals surface area contributed by atoms with E-state index in [2.05, 4.69) is 15.5 Å². The number of carbonyl (C=O) groups excluding carboxylic acids is 1. The fourth-order valence-electron chi connectivity index (χ4n) is 2.66. The molecule has 26 heavy (non-hydrogen) atoms. The molecule has 132 valence electrons. The average molecular weight is 349 g/mol. The van der Waals surface area contributed by atoms with Crippen molar-refractivity contribution in [2.45, 2.75) is 13.8 Å². The van der Waals surface area contributed by atoms with Gasteiger partial charge in [0.2, 0.25) is 0 Å². The van der Waals surface area contributed by atoms with E-state index in [1.54, 1.807) is 18.2 Å². The van der Waals surface area contributed by atoms with Gasteiger partial charge in [0.15, 0.2) is 11.5 Å². The molecule has 0 aliphatic carbocycles. The van der Waals surface area contributed by atoms with Crippen molar-refractivity contribution in [3.05, 3.63) is 64.8 Å². The number of aromatic nitrogens is 1. The predicted octanol–water partition coefficient (Wildman–Crippen LogP) is 3.33. The van der Waals surface area contributed by atoms with Crippen LogP contribution in [0.2, 0.25) is 0 Å². The number of nitrogens with one attached hydrogen (secondary N) is 1. The first-order valence-corrected chi connectivity index (χ1v) is 8.06. The summed E-state index contributed by atoms with van der Waals surface area (Å²) >= 11 is 0. The second kappa shape index (κ2) is 7.23. The van der Waals surface area contributed by atoms with Gasteiger partial charge in [0.25, 0.3) is 5.91 Å². The number of hydrazone groups is 1. The van der Waals surface area contributed by atoms with Crippen LogP contribution >= 0.6 is 0 Å². The number of fused-ring (bicyclic) bond motifs is 1. The molecule has 3 rings (SSSR count). The van der Waals surface area contributed by atoms with Crippen molar-refractivity contribution in [2.75, 3.05) is 7.11 Å². The number of amides is 1. The van der Waals surface area contributed by atoms with E-state index in [0.29, 0.717) is 16.9 Å². The second-order valence-corrected chi connectivity index (χ2v) is 5.96. The molecule has 3 aromatic rings. The van der Waals surface area contributed by atoms with Crippen molar-refractivity contribution < 1.29 is 14.6 Å². The highest BCUT2D eigenvalue weighted by atomic mass is 16.5. The fourth-order valence-corrected chi connectivity index (χ4v) is 2.66. The summed E-state index contributed by atoms with van der Waals surface area (Å²) in [5, 5.41) is 14.4. The normalized spacial score (nSPS) is 11.0. The smallest absolute Gasteiger partial charge is 0.272 e. The summed E-state index contributed by atoms with van der Waals surface area (Å²) in [5.41, 5.74) is 6.34. The standard InChI is InChI=1S/C20H19N3O3/c1-12-4-6-17-15(8-12)16(9-13(2)22-17)20(25)23-21-11-14-5-7-18(24)19(10-14)26-3/h4-11,24H,1-3H3,(H,23,25)/b21-11+. The molecule has 6 nitrogen and oxygen atoms in total. The molecule has 0 unspecified atom stereocenters. The molecule has 0 aliphatic heterocycles. The van der Waals surface area contributed by atoms with E-state index in [1.165, 1.54) is 19.4 Å². The van der Waals surface area contributed by atoms with E-state index >= 15 is 0 Å². The zero-order valence-corrected chi connectivity index (χ0v) is 14.8. The first kappa shape index (κ1) is 17.4. The number of hydrogen-bond acceptors (Lipinski definition) is 5. The van der Waals surface area contributed by atoms with Gasteiger partial charge in [-0.1, -0.05) is 11.6 Å². The maximum atomic E-state index is 12.6. The van der Waals surface area contributed by atoms with Crippen molar-refractivity contribution in [1.29, 1.82) is 0 Å². The van der Waals surface area contributed by atoms with Crippen LogP contribution in [0.5, 0.6) is 11.5 Å². The fraction of sp³-hybridized carbons (Fsp3) is 0.150. The summed E-state index contributed by atoms with van der Waals surface area (Å²) in [7, 11) is 1.47. The van der Waals surface area contributed by atoms with Gasteiger partial charge in [0.1, 0.15) is 0 Å². The van der Waals surface area contributed by atoms with Gasteiger partial charge in [-0.25, -0.2) is 5.43 Å². The summed E-state index contributed by atoms with van der Waals surface area (Å²) in [4.78, 5) is 17.0. The van der Waals surface area contributed by atoms with Crippen LogP contribution < -0.4 is 10.2 Å². The Hall–Kier alpha value is -3.41. The minimum Gasteiger partial charge on any atom is -0.504 e. The molecule has 2 N–H and O–H groups in total. The number of benzene rings is 2. The van der Waals surface area contributed by atoms with Crippen molar-refractivity contribution >= 4 is 23.0 Å². The summed E-state index contributed by atoms with van der Waals surface area (Å²) in [6, 6.07) is 12.3. The van der Waals surface area contributed by atoms with E-state index in [0.717, 1.165) is 22.2 Å². The summed E-state index contributed by atoms with van der Waals surface area (Å²) in [6.45, 7) is 3.82. The third-order valence-corrected chi connectivity index (χ3v) is 3.92. The number of phenols is 1. The quantitative estimate of drug-likeness (QED) is 0.559. The number of aryl methyl sites for hydroxylation is 2. The van der Waals surface area contributed by atoms with Gasteiger partial charge in [0.05, 0.1) is 24.4 Å². The molecule has 0 spiro atoms. The van der Waals surface area contributed by atoms with Crippen molar-refractivity contribution in [3.63, 3.8) is 0 Å². The van der Waals surface area contributed by atoms with Gasteiger partial charge < -0.3 is 9.84 Å². The number of nitrogens with zero attached hydrogens (tertiary/aromatic N) is 2. The Morgan fingerprint density at radius 2 is 2.00 bits per heavy atom. The predicted molar refractivity (Wildman–Crippen MR) is 101 cm³/mol. The number of aromatic hydroxyl groups is 1. The van der Waals surface area contributed by atoms with Crippen LogP contribution in [0, 0.1) is 13.8 Å². The molecule has 0 atom stereocenters. The largest absolute Gasteiger partial charge is 0.504 e. The van der Waals surface area contributed by atoms with Gasteiger partial charge in [-0.05, 0) is 55.8 Å². The molecule has 6 heteroatoms. The number of hydrogen-bond donors (Lipinski definition) is 2. The highest BCUT2D eigenvalue weighted by Gasteiger charge is 2.11. The number of carbonyl (C=O) groups is 1. The average Bonchev–Trinajstić information content (AvgIpc) is 2.62. The van der Waals surface area contributed by atoms with E-state index in [1.807, 2.05) is 32.0 Å². The topological polar surface area (TPSA) is 83.8 Å². The Morgan fingerprint density at radius 3 is 2.77 bits per heavy atom. The number of ether oxygens (including phenoxy) is 1. The lowest BCUT2D eigenvalue weighted by Crippen LogP contribution is -2.18. The molecule has 0 radical (unpaired) electrons. The number of methoxy groups -OCH3 is 1. The van der Waals surface area contributed by atoms with Gasteiger partial charge in [0, 0.05) is 11.1 Å². The van der Waals surface area contributed by atoms with Crippen molar-refractivity contribution in [3.8, 4) is 11.5 Å². The van der Waals surface area contributed by atoms with E-state index in [9.17, 15) is 9.90 Å². The van der Waals surface area contributed by atoms with Crippen LogP contribution in [0.3, 0.4) is 0 Å². The van der Waals surface area contributed by atoms with Gasteiger partial charge >= 0.3 is 0 Å². The molecule has 0 bridgehead atoms. The third kappa shape index (κ3) is 3.64. The molecule has 0 aliphatic rings. The van der Waals surface area contributed by atoms with Crippen molar-refractivity contribution in [1.82, 2.24) is 10.4 Å². The molecular formula is C20H19N3O3. The van der Waals surface area contributed by atoms with Gasteiger partial charge in [-0.2, -0.15) is 5.10 Å². The first-order valence-electron chi connectivity index (χ1n) is 8.06. The summed E-state index contributed by atoms with van der Waals surface area (Å²) in [5.74, 6) is 0.0717. The summed E-state index contributed by atoms with van der Waals surface area (Å²) < 4.78 is 5.05. The van der Waals surface area contributed by atoms with Crippen LogP contribution in [0.4, 0.5) is 0 Å². The van der Waals surface area contributed by atoms with Crippen molar-refractivity contribution in [2.24, 2.45) is 5.10 Å². The SMILES string of the molecule is COc1cc(/C=N/NC(=O)c2cc(C)nc3ccc(C)cc23)ccc1O. The van der Waals surface area contributed by atoms with Gasteiger partial charge in [-0.15, -0.1) is 0 Å². The zero-order chi connectivity index (χ0) is 18.7. The molecule has 1 amide bonds. The Balaban J connectivity index is 1.84. The maximum absolute atomic E-state index is 12.6. The lowest BCUT2D eigenvalue weighted by atomic mass is 10.1. The molecule has 1 heterocycles. The van der Waals surface area contributed by atoms with Crippen LogP contribution in [0.15, 0.2) is 47.6 Å². The monoisotopic (exact) mass is 349 g/mol. The molecule has 0 saturated heterocycles. The Kier molecular flexibility index (Phi) is 4.84. The minimum absolute atomic E-state index is 0.0442. The van der Waals surface area contributed by atoms with Crippen LogP contribution in [-0.4, -0.2) is 29.3 Å². The maximum Gasteiger partial charge on any atom is 0.272 e. The van der Waals surface area contributed by atoms with Crippen LogP contribution in [0.25, 0.3) is 10.9 Å². The third-order valence-electron chi connectivity index (χ3n) is 3.92. The minimum atomic E-state index is -0.312. The number of phenolic OH excluding ortho intramolecular Hbond substituents is 1. The van der Waals surface area contributed by atoms with E-state index < -0.39 is 0 Å². The molecular weight excluding hydrogens is 330 g/mol. The molecule has 1 aromatic heterocycles. The highest BCUT2D eigenvalue weighted by molar-refractivity contribution is 6.06. The lowest BCUT2D eigenvalue weighted by Gasteiger charge is -2.07. The number of pyridine rings is 1. The lowest BCUT2D eigenvalue weighted by molar-refractivity contribution is 0.0956. The molecule has 0 saturated carbocycles. The Bertz CT molecular complexity index is 1010. The highest BCUT2D eigenvalue weighted by Crippen LogP contribution is 2.25. The molecule has 0 fully saturated rings.